The molecule has 8 nitrogen and oxygen atoms in total. The highest BCUT2D eigenvalue weighted by molar-refractivity contribution is 7.92. The average Bonchev–Trinajstić information content (AvgIpc) is 2.86. The van der Waals surface area contributed by atoms with Gasteiger partial charge in [-0.3, -0.25) is 19.9 Å². The van der Waals surface area contributed by atoms with Crippen LogP contribution in [0.1, 0.15) is 19.0 Å². The fraction of sp³-hybridized carbons (Fsp3) is 0.250. The molecule has 0 aliphatic carbocycles. The van der Waals surface area contributed by atoms with Gasteiger partial charge in [0, 0.05) is 23.9 Å². The molecule has 9 heteroatoms. The Hall–Kier alpha value is -2.42. The molecule has 0 saturated heterocycles. The number of nitrogens with zero attached hydrogens (tertiary/aromatic N) is 2. The number of nitro benzene ring substituents is 1. The normalized spacial score (nSPS) is 11.3. The van der Waals surface area contributed by atoms with E-state index in [-0.39, 0.29) is 16.4 Å². The Morgan fingerprint density at radius 3 is 2.57 bits per heavy atom. The number of aromatic nitrogens is 2. The molecule has 2 rings (SSSR count). The van der Waals surface area contributed by atoms with E-state index in [1.54, 1.807) is 6.07 Å². The lowest BCUT2D eigenvalue weighted by Crippen LogP contribution is -2.13. The SMILES string of the molecule is CCCc1cc(NS(=O)(=O)c2ccc([N+](=O)[O-])cc2)n[nH]1. The molecule has 1 heterocycles. The Labute approximate surface area is 121 Å². The largest absolute Gasteiger partial charge is 0.280 e. The van der Waals surface area contributed by atoms with Gasteiger partial charge in [-0.15, -0.1) is 0 Å². The number of nitro groups is 1. The number of hydrogen-bond donors (Lipinski definition) is 2. The number of non-ortho nitro benzene ring substituents is 1. The van der Waals surface area contributed by atoms with Gasteiger partial charge in [-0.05, 0) is 18.6 Å². The second-order valence-corrected chi connectivity index (χ2v) is 6.07. The fourth-order valence-electron chi connectivity index (χ4n) is 1.75. The summed E-state index contributed by atoms with van der Waals surface area (Å²) < 4.78 is 26.6. The van der Waals surface area contributed by atoms with Gasteiger partial charge >= 0.3 is 0 Å². The number of benzene rings is 1. The molecule has 0 radical (unpaired) electrons. The minimum atomic E-state index is -3.81. The van der Waals surface area contributed by atoms with Crippen molar-refractivity contribution in [3.05, 3.63) is 46.1 Å². The molecular weight excluding hydrogens is 296 g/mol. The molecule has 0 spiro atoms. The highest BCUT2D eigenvalue weighted by Crippen LogP contribution is 2.18. The minimum Gasteiger partial charge on any atom is -0.280 e. The molecule has 0 unspecified atom stereocenters. The van der Waals surface area contributed by atoms with E-state index in [4.69, 9.17) is 0 Å². The molecule has 0 aliphatic heterocycles. The summed E-state index contributed by atoms with van der Waals surface area (Å²) in [5.74, 6) is 0.191. The molecule has 2 aromatic rings. The number of sulfonamides is 1. The Morgan fingerprint density at radius 2 is 2.00 bits per heavy atom. The van der Waals surface area contributed by atoms with Crippen molar-refractivity contribution in [3.8, 4) is 0 Å². The van der Waals surface area contributed by atoms with Gasteiger partial charge in [-0.1, -0.05) is 13.3 Å². The summed E-state index contributed by atoms with van der Waals surface area (Å²) in [4.78, 5) is 9.89. The number of rotatable bonds is 6. The Bertz CT molecular complexity index is 737. The van der Waals surface area contributed by atoms with E-state index in [0.717, 1.165) is 30.7 Å². The predicted molar refractivity (Wildman–Crippen MR) is 76.5 cm³/mol. The van der Waals surface area contributed by atoms with Gasteiger partial charge in [0.05, 0.1) is 9.82 Å². The van der Waals surface area contributed by atoms with Crippen LogP contribution in [-0.2, 0) is 16.4 Å². The summed E-state index contributed by atoms with van der Waals surface area (Å²) in [5, 5.41) is 17.1. The number of aromatic amines is 1. The van der Waals surface area contributed by atoms with E-state index in [9.17, 15) is 18.5 Å². The third-order valence-corrected chi connectivity index (χ3v) is 4.12. The number of aryl methyl sites for hydroxylation is 1. The molecule has 1 aromatic carbocycles. The van der Waals surface area contributed by atoms with Crippen LogP contribution >= 0.6 is 0 Å². The topological polar surface area (TPSA) is 118 Å². The van der Waals surface area contributed by atoms with Crippen molar-refractivity contribution in [2.45, 2.75) is 24.7 Å². The molecule has 2 N–H and O–H groups in total. The van der Waals surface area contributed by atoms with Gasteiger partial charge in [-0.2, -0.15) is 5.10 Å². The molecule has 0 atom stereocenters. The van der Waals surface area contributed by atoms with Crippen LogP contribution in [0.25, 0.3) is 0 Å². The number of nitrogens with one attached hydrogen (secondary N) is 2. The summed E-state index contributed by atoms with van der Waals surface area (Å²) in [6.45, 7) is 2.00. The first-order chi connectivity index (χ1) is 9.92. The molecule has 0 saturated carbocycles. The van der Waals surface area contributed by atoms with E-state index in [1.807, 2.05) is 6.92 Å². The minimum absolute atomic E-state index is 0.0619. The average molecular weight is 310 g/mol. The highest BCUT2D eigenvalue weighted by Gasteiger charge is 2.17. The zero-order chi connectivity index (χ0) is 15.5. The van der Waals surface area contributed by atoms with Crippen LogP contribution in [-0.4, -0.2) is 23.5 Å². The Balaban J connectivity index is 2.18. The van der Waals surface area contributed by atoms with Crippen LogP contribution in [0.15, 0.2) is 35.2 Å². The summed E-state index contributed by atoms with van der Waals surface area (Å²) in [5.41, 5.74) is 0.665. The zero-order valence-corrected chi connectivity index (χ0v) is 12.1. The first kappa shape index (κ1) is 15.0. The molecule has 0 fully saturated rings. The van der Waals surface area contributed by atoms with Crippen LogP contribution in [0, 0.1) is 10.1 Å². The second-order valence-electron chi connectivity index (χ2n) is 4.38. The Kier molecular flexibility index (Phi) is 4.22. The van der Waals surface area contributed by atoms with Crippen molar-refractivity contribution in [2.75, 3.05) is 4.72 Å². The fourth-order valence-corrected chi connectivity index (χ4v) is 2.75. The number of H-pyrrole nitrogens is 1. The first-order valence-corrected chi connectivity index (χ1v) is 7.72. The third kappa shape index (κ3) is 3.57. The van der Waals surface area contributed by atoms with E-state index >= 15 is 0 Å². The lowest BCUT2D eigenvalue weighted by atomic mass is 10.2. The van der Waals surface area contributed by atoms with Gasteiger partial charge in [0.1, 0.15) is 0 Å². The van der Waals surface area contributed by atoms with E-state index < -0.39 is 14.9 Å². The van der Waals surface area contributed by atoms with Gasteiger partial charge < -0.3 is 0 Å². The van der Waals surface area contributed by atoms with Crippen LogP contribution < -0.4 is 4.72 Å². The maximum atomic E-state index is 12.1. The summed E-state index contributed by atoms with van der Waals surface area (Å²) in [7, 11) is -3.81. The van der Waals surface area contributed by atoms with Gasteiger partial charge in [-0.25, -0.2) is 8.42 Å². The van der Waals surface area contributed by atoms with E-state index in [0.29, 0.717) is 0 Å². The van der Waals surface area contributed by atoms with Crippen molar-refractivity contribution >= 4 is 21.5 Å². The monoisotopic (exact) mass is 310 g/mol. The maximum absolute atomic E-state index is 12.1. The molecule has 0 aliphatic rings. The highest BCUT2D eigenvalue weighted by atomic mass is 32.2. The van der Waals surface area contributed by atoms with Crippen molar-refractivity contribution in [1.82, 2.24) is 10.2 Å². The number of anilines is 1. The van der Waals surface area contributed by atoms with Crippen molar-refractivity contribution in [1.29, 1.82) is 0 Å². The summed E-state index contributed by atoms with van der Waals surface area (Å²) >= 11 is 0. The smallest absolute Gasteiger partial charge is 0.269 e. The van der Waals surface area contributed by atoms with Gasteiger partial charge in [0.2, 0.25) is 0 Å². The lowest BCUT2D eigenvalue weighted by Gasteiger charge is -2.04. The van der Waals surface area contributed by atoms with Crippen LogP contribution in [0.5, 0.6) is 0 Å². The quantitative estimate of drug-likeness (QED) is 0.625. The molecule has 21 heavy (non-hydrogen) atoms. The maximum Gasteiger partial charge on any atom is 0.269 e. The Morgan fingerprint density at radius 1 is 1.33 bits per heavy atom. The van der Waals surface area contributed by atoms with Crippen molar-refractivity contribution in [2.24, 2.45) is 0 Å². The van der Waals surface area contributed by atoms with Crippen molar-refractivity contribution < 1.29 is 13.3 Å². The lowest BCUT2D eigenvalue weighted by molar-refractivity contribution is -0.384. The molecule has 112 valence electrons. The molecule has 0 amide bonds. The van der Waals surface area contributed by atoms with E-state index in [2.05, 4.69) is 14.9 Å². The molecule has 0 bridgehead atoms. The summed E-state index contributed by atoms with van der Waals surface area (Å²) in [6.07, 6.45) is 1.68. The van der Waals surface area contributed by atoms with Crippen LogP contribution in [0.3, 0.4) is 0 Å². The predicted octanol–water partition coefficient (Wildman–Crippen LogP) is 2.07. The van der Waals surface area contributed by atoms with Gasteiger partial charge in [0.15, 0.2) is 5.82 Å². The summed E-state index contributed by atoms with van der Waals surface area (Å²) in [6, 6.07) is 6.26. The van der Waals surface area contributed by atoms with Crippen LogP contribution in [0.2, 0.25) is 0 Å². The second kappa shape index (κ2) is 5.92. The molecule has 1 aromatic heterocycles. The molecular formula is C12H14N4O4S. The van der Waals surface area contributed by atoms with Crippen LogP contribution in [0.4, 0.5) is 11.5 Å². The standard InChI is InChI=1S/C12H14N4O4S/c1-2-3-9-8-12(14-13-9)15-21(19,20)11-6-4-10(5-7-11)16(17)18/h4-8H,2-3H2,1H3,(H2,13,14,15). The number of hydrogen-bond acceptors (Lipinski definition) is 5. The van der Waals surface area contributed by atoms with Crippen molar-refractivity contribution in [3.63, 3.8) is 0 Å². The first-order valence-electron chi connectivity index (χ1n) is 6.24. The zero-order valence-electron chi connectivity index (χ0n) is 11.2. The van der Waals surface area contributed by atoms with Gasteiger partial charge in [0.25, 0.3) is 15.7 Å². The van der Waals surface area contributed by atoms with E-state index in [1.165, 1.54) is 12.1 Å². The third-order valence-electron chi connectivity index (χ3n) is 2.75.